The van der Waals surface area contributed by atoms with Gasteiger partial charge < -0.3 is 24.5 Å². The first-order valence-electron chi connectivity index (χ1n) is 8.48. The lowest BCUT2D eigenvalue weighted by atomic mass is 10.3. The van der Waals surface area contributed by atoms with E-state index in [1.807, 2.05) is 0 Å². The molecule has 0 atom stereocenters. The minimum Gasteiger partial charge on any atom is -0.425 e. The van der Waals surface area contributed by atoms with Gasteiger partial charge in [-0.25, -0.2) is 0 Å². The predicted molar refractivity (Wildman–Crippen MR) is 92.8 cm³/mol. The number of benzene rings is 1. The van der Waals surface area contributed by atoms with E-state index < -0.39 is 23.9 Å². The van der Waals surface area contributed by atoms with Gasteiger partial charge >= 0.3 is 12.4 Å². The molecule has 0 fully saturated rings. The molecule has 9 nitrogen and oxygen atoms in total. The molecule has 1 aliphatic rings. The number of aliphatic hydroxyl groups excluding tert-OH is 1. The summed E-state index contributed by atoms with van der Waals surface area (Å²) in [6, 6.07) is 4.68. The maximum absolute atomic E-state index is 12.7. The number of nitrogens with one attached hydrogen (secondary N) is 1. The molecule has 0 unspecified atom stereocenters. The number of aliphatic hydroxyl groups is 1. The van der Waals surface area contributed by atoms with Crippen LogP contribution in [0, 0.1) is 0 Å². The zero-order valence-corrected chi connectivity index (χ0v) is 15.2. The Labute approximate surface area is 162 Å². The summed E-state index contributed by atoms with van der Waals surface area (Å²) in [6.07, 6.45) is -4.62. The molecule has 2 aromatic rings. The Bertz CT molecular complexity index is 915. The molecular formula is C17H17F3N4O5. The van der Waals surface area contributed by atoms with Gasteiger partial charge in [-0.3, -0.25) is 14.5 Å². The fraction of sp³-hybridized carbons (Fsp3) is 0.353. The highest BCUT2D eigenvalue weighted by atomic mass is 19.4. The van der Waals surface area contributed by atoms with Gasteiger partial charge in [0, 0.05) is 26.3 Å². The fourth-order valence-corrected chi connectivity index (χ4v) is 2.73. The third kappa shape index (κ3) is 4.77. The number of carbonyl (C=O) groups excluding carboxylic acids is 2. The lowest BCUT2D eigenvalue weighted by Gasteiger charge is -2.18. The van der Waals surface area contributed by atoms with Crippen molar-refractivity contribution in [1.82, 2.24) is 14.9 Å². The molecule has 0 saturated heterocycles. The lowest BCUT2D eigenvalue weighted by Crippen LogP contribution is -2.40. The zero-order chi connectivity index (χ0) is 21.2. The van der Waals surface area contributed by atoms with E-state index in [2.05, 4.69) is 14.7 Å². The van der Waals surface area contributed by atoms with E-state index in [1.54, 1.807) is 7.05 Å². The number of rotatable bonds is 6. The second kappa shape index (κ2) is 7.99. The van der Waals surface area contributed by atoms with Crippen LogP contribution >= 0.6 is 0 Å². The monoisotopic (exact) mass is 414 g/mol. The molecule has 156 valence electrons. The summed E-state index contributed by atoms with van der Waals surface area (Å²) in [7, 11) is 1.56. The summed E-state index contributed by atoms with van der Waals surface area (Å²) in [5.74, 6) is -1.40. The summed E-state index contributed by atoms with van der Waals surface area (Å²) in [5.41, 5.74) is -0.00557. The number of nitrogens with zero attached hydrogens (tertiary/aromatic N) is 3. The number of imide groups is 1. The summed E-state index contributed by atoms with van der Waals surface area (Å²) >= 11 is 0. The summed E-state index contributed by atoms with van der Waals surface area (Å²) < 4.78 is 46.4. The van der Waals surface area contributed by atoms with Crippen molar-refractivity contribution < 1.29 is 37.3 Å². The number of imidazole rings is 1. The third-order valence-electron chi connectivity index (χ3n) is 3.95. The number of alkyl halides is 3. The molecule has 0 bridgehead atoms. The molecular weight excluding hydrogens is 397 g/mol. The first-order valence-corrected chi connectivity index (χ1v) is 8.48. The molecule has 12 heteroatoms. The molecule has 29 heavy (non-hydrogen) atoms. The van der Waals surface area contributed by atoms with Crippen LogP contribution in [0.3, 0.4) is 0 Å². The molecule has 1 aromatic heterocycles. The molecule has 2 heterocycles. The number of carbonyl (C=O) groups is 2. The molecule has 0 radical (unpaired) electrons. The first-order chi connectivity index (χ1) is 13.7. The normalized spacial score (nSPS) is 14.7. The van der Waals surface area contributed by atoms with Gasteiger partial charge in [-0.2, -0.15) is 4.98 Å². The van der Waals surface area contributed by atoms with Crippen molar-refractivity contribution in [3.63, 3.8) is 0 Å². The third-order valence-corrected chi connectivity index (χ3v) is 3.95. The average molecular weight is 414 g/mol. The minimum atomic E-state index is -4.85. The molecule has 0 saturated carbocycles. The Morgan fingerprint density at radius 2 is 2.00 bits per heavy atom. The van der Waals surface area contributed by atoms with Crippen LogP contribution in [0.5, 0.6) is 17.5 Å². The Balaban J connectivity index is 1.84. The summed E-state index contributed by atoms with van der Waals surface area (Å²) in [5, 5.41) is 8.97. The molecule has 0 spiro atoms. The highest BCUT2D eigenvalue weighted by molar-refractivity contribution is 6.09. The van der Waals surface area contributed by atoms with E-state index in [0.29, 0.717) is 0 Å². The van der Waals surface area contributed by atoms with E-state index in [9.17, 15) is 22.8 Å². The lowest BCUT2D eigenvalue weighted by molar-refractivity contribution is -0.274. The van der Waals surface area contributed by atoms with Crippen molar-refractivity contribution in [1.29, 1.82) is 0 Å². The maximum atomic E-state index is 12.7. The van der Waals surface area contributed by atoms with Gasteiger partial charge in [0.1, 0.15) is 11.5 Å². The van der Waals surface area contributed by atoms with Gasteiger partial charge in [0.25, 0.3) is 5.91 Å². The SMILES string of the molecule is CN1CC(=O)N(CCCO)C(=O)c2[nH]c(Oc3cccc(OC(F)(F)F)c3)nc21. The van der Waals surface area contributed by atoms with Crippen molar-refractivity contribution >= 4 is 17.6 Å². The Kier molecular flexibility index (Phi) is 5.64. The van der Waals surface area contributed by atoms with Gasteiger partial charge in [0.05, 0.1) is 6.54 Å². The van der Waals surface area contributed by atoms with Crippen LogP contribution in [-0.2, 0) is 4.79 Å². The zero-order valence-electron chi connectivity index (χ0n) is 15.2. The van der Waals surface area contributed by atoms with Crippen LogP contribution in [0.1, 0.15) is 16.9 Å². The second-order valence-corrected chi connectivity index (χ2v) is 6.15. The Morgan fingerprint density at radius 3 is 2.69 bits per heavy atom. The summed E-state index contributed by atoms with van der Waals surface area (Å²) in [4.78, 5) is 34.2. The van der Waals surface area contributed by atoms with Crippen molar-refractivity contribution in [2.75, 3.05) is 31.6 Å². The van der Waals surface area contributed by atoms with E-state index in [1.165, 1.54) is 17.0 Å². The van der Waals surface area contributed by atoms with Crippen LogP contribution in [0.15, 0.2) is 24.3 Å². The predicted octanol–water partition coefficient (Wildman–Crippen LogP) is 1.90. The highest BCUT2D eigenvalue weighted by Gasteiger charge is 2.34. The Morgan fingerprint density at radius 1 is 1.28 bits per heavy atom. The first kappa shape index (κ1) is 20.5. The van der Waals surface area contributed by atoms with Gasteiger partial charge in [-0.15, -0.1) is 13.2 Å². The number of hydrogen-bond acceptors (Lipinski definition) is 7. The number of likely N-dealkylation sites (N-methyl/N-ethyl adjacent to an activating group) is 1. The Hall–Kier alpha value is -3.28. The van der Waals surface area contributed by atoms with E-state index in [0.717, 1.165) is 17.0 Å². The number of amides is 2. The van der Waals surface area contributed by atoms with Gasteiger partial charge in [0.15, 0.2) is 11.5 Å². The van der Waals surface area contributed by atoms with Crippen LogP contribution in [0.25, 0.3) is 0 Å². The quantitative estimate of drug-likeness (QED) is 0.695. The second-order valence-electron chi connectivity index (χ2n) is 6.15. The molecule has 2 amide bonds. The molecule has 2 N–H and O–H groups in total. The number of hydrogen-bond donors (Lipinski definition) is 2. The van der Waals surface area contributed by atoms with Gasteiger partial charge in [-0.05, 0) is 18.6 Å². The largest absolute Gasteiger partial charge is 0.573 e. The number of fused-ring (bicyclic) bond motifs is 1. The van der Waals surface area contributed by atoms with E-state index in [4.69, 9.17) is 9.84 Å². The molecule has 1 aliphatic heterocycles. The molecule has 1 aromatic carbocycles. The number of H-pyrrole nitrogens is 1. The number of aromatic amines is 1. The average Bonchev–Trinajstić information content (AvgIpc) is 3.01. The van der Waals surface area contributed by atoms with Crippen molar-refractivity contribution in [2.24, 2.45) is 0 Å². The minimum absolute atomic E-state index is 0.000950. The number of halogens is 3. The van der Waals surface area contributed by atoms with Crippen molar-refractivity contribution in [2.45, 2.75) is 12.8 Å². The molecule has 0 aliphatic carbocycles. The van der Waals surface area contributed by atoms with Crippen LogP contribution in [-0.4, -0.2) is 64.9 Å². The van der Waals surface area contributed by atoms with Gasteiger partial charge in [0.2, 0.25) is 5.91 Å². The topological polar surface area (TPSA) is 108 Å². The fourth-order valence-electron chi connectivity index (χ4n) is 2.73. The van der Waals surface area contributed by atoms with E-state index in [-0.39, 0.29) is 49.4 Å². The number of aromatic nitrogens is 2. The van der Waals surface area contributed by atoms with Crippen LogP contribution < -0.4 is 14.4 Å². The smallest absolute Gasteiger partial charge is 0.425 e. The van der Waals surface area contributed by atoms with Crippen molar-refractivity contribution in [3.05, 3.63) is 30.0 Å². The van der Waals surface area contributed by atoms with Crippen LogP contribution in [0.4, 0.5) is 19.0 Å². The summed E-state index contributed by atoms with van der Waals surface area (Å²) in [6.45, 7) is -0.274. The number of anilines is 1. The molecule has 3 rings (SSSR count). The van der Waals surface area contributed by atoms with E-state index >= 15 is 0 Å². The highest BCUT2D eigenvalue weighted by Crippen LogP contribution is 2.30. The maximum Gasteiger partial charge on any atom is 0.573 e. The van der Waals surface area contributed by atoms with Gasteiger partial charge in [-0.1, -0.05) is 6.07 Å². The number of ether oxygens (including phenoxy) is 2. The van der Waals surface area contributed by atoms with Crippen molar-refractivity contribution in [3.8, 4) is 17.5 Å². The van der Waals surface area contributed by atoms with Crippen LogP contribution in [0.2, 0.25) is 0 Å². The standard InChI is InChI=1S/C17H17F3N4O5/c1-23-9-12(26)24(6-3-7-25)15(27)13-14(23)22-16(21-13)28-10-4-2-5-11(8-10)29-17(18,19)20/h2,4-5,8,25H,3,6-7,9H2,1H3,(H,21,22).